The van der Waals surface area contributed by atoms with Crippen LogP contribution in [-0.2, 0) is 11.2 Å². The Balaban J connectivity index is 1.70. The highest BCUT2D eigenvalue weighted by Gasteiger charge is 2.38. The summed E-state index contributed by atoms with van der Waals surface area (Å²) in [5.41, 5.74) is 0.295. The summed E-state index contributed by atoms with van der Waals surface area (Å²) in [6.45, 7) is 2.30. The fourth-order valence-electron chi connectivity index (χ4n) is 3.91. The average Bonchev–Trinajstić information content (AvgIpc) is 2.56. The first-order valence-corrected chi connectivity index (χ1v) is 8.44. The first-order valence-electron chi connectivity index (χ1n) is 8.44. The molecule has 1 unspecified atom stereocenters. The molecule has 1 aliphatic carbocycles. The predicted octanol–water partition coefficient (Wildman–Crippen LogP) is 2.76. The SMILES string of the molecule is OCC1(Cc2cccc(F)c2)CN(C2CCCCC2)CCO1. The van der Waals surface area contributed by atoms with E-state index in [0.717, 1.165) is 18.7 Å². The molecule has 3 rings (SSSR count). The van der Waals surface area contributed by atoms with E-state index in [4.69, 9.17) is 4.74 Å². The van der Waals surface area contributed by atoms with E-state index in [1.165, 1.54) is 38.2 Å². The first kappa shape index (κ1) is 15.9. The van der Waals surface area contributed by atoms with Gasteiger partial charge >= 0.3 is 0 Å². The summed E-state index contributed by atoms with van der Waals surface area (Å²) in [5, 5.41) is 9.94. The molecular weight excluding hydrogens is 281 g/mol. The van der Waals surface area contributed by atoms with E-state index >= 15 is 0 Å². The Bertz CT molecular complexity index is 490. The number of benzene rings is 1. The molecule has 1 saturated heterocycles. The number of nitrogens with zero attached hydrogens (tertiary/aromatic N) is 1. The molecule has 0 bridgehead atoms. The lowest BCUT2D eigenvalue weighted by molar-refractivity contribution is -0.142. The topological polar surface area (TPSA) is 32.7 Å². The maximum Gasteiger partial charge on any atom is 0.123 e. The number of hydrogen-bond donors (Lipinski definition) is 1. The lowest BCUT2D eigenvalue weighted by atomic mass is 9.89. The number of hydrogen-bond acceptors (Lipinski definition) is 3. The van der Waals surface area contributed by atoms with Crippen LogP contribution in [0, 0.1) is 5.82 Å². The zero-order valence-electron chi connectivity index (χ0n) is 13.1. The van der Waals surface area contributed by atoms with Crippen molar-refractivity contribution in [3.05, 3.63) is 35.6 Å². The highest BCUT2D eigenvalue weighted by atomic mass is 19.1. The molecule has 0 amide bonds. The van der Waals surface area contributed by atoms with Crippen molar-refractivity contribution in [3.8, 4) is 0 Å². The second-order valence-electron chi connectivity index (χ2n) is 6.76. The van der Waals surface area contributed by atoms with Crippen molar-refractivity contribution >= 4 is 0 Å². The van der Waals surface area contributed by atoms with Gasteiger partial charge in [-0.1, -0.05) is 31.4 Å². The van der Waals surface area contributed by atoms with Crippen molar-refractivity contribution < 1.29 is 14.2 Å². The standard InChI is InChI=1S/C18H26FNO2/c19-16-6-4-5-15(11-16)12-18(14-21)13-20(9-10-22-18)17-7-2-1-3-8-17/h4-6,11,17,21H,1-3,7-10,12-14H2. The third kappa shape index (κ3) is 3.67. The maximum atomic E-state index is 13.4. The second-order valence-corrected chi connectivity index (χ2v) is 6.76. The van der Waals surface area contributed by atoms with Gasteiger partial charge < -0.3 is 9.84 Å². The van der Waals surface area contributed by atoms with Gasteiger partial charge in [-0.25, -0.2) is 4.39 Å². The van der Waals surface area contributed by atoms with Crippen LogP contribution in [0.25, 0.3) is 0 Å². The molecule has 22 heavy (non-hydrogen) atoms. The number of aliphatic hydroxyl groups is 1. The molecule has 1 N–H and O–H groups in total. The Morgan fingerprint density at radius 2 is 2.09 bits per heavy atom. The van der Waals surface area contributed by atoms with Crippen LogP contribution in [0.4, 0.5) is 4.39 Å². The van der Waals surface area contributed by atoms with Gasteiger partial charge in [-0.3, -0.25) is 4.90 Å². The summed E-state index contributed by atoms with van der Waals surface area (Å²) in [6.07, 6.45) is 7.01. The average molecular weight is 307 g/mol. The van der Waals surface area contributed by atoms with Gasteiger partial charge in [0.05, 0.1) is 13.2 Å². The van der Waals surface area contributed by atoms with Gasteiger partial charge in [-0.05, 0) is 30.5 Å². The third-order valence-electron chi connectivity index (χ3n) is 5.07. The molecule has 1 atom stereocenters. The van der Waals surface area contributed by atoms with Crippen LogP contribution in [0.15, 0.2) is 24.3 Å². The third-order valence-corrected chi connectivity index (χ3v) is 5.07. The van der Waals surface area contributed by atoms with Gasteiger partial charge in [-0.2, -0.15) is 0 Å². The number of ether oxygens (including phenoxy) is 1. The monoisotopic (exact) mass is 307 g/mol. The summed E-state index contributed by atoms with van der Waals surface area (Å²) < 4.78 is 19.4. The van der Waals surface area contributed by atoms with Gasteiger partial charge in [-0.15, -0.1) is 0 Å². The fraction of sp³-hybridized carbons (Fsp3) is 0.667. The van der Waals surface area contributed by atoms with Gasteiger partial charge in [0.1, 0.15) is 11.4 Å². The zero-order valence-corrected chi connectivity index (χ0v) is 13.1. The molecule has 1 heterocycles. The lowest BCUT2D eigenvalue weighted by Gasteiger charge is -2.46. The molecule has 4 heteroatoms. The van der Waals surface area contributed by atoms with E-state index in [0.29, 0.717) is 19.1 Å². The Morgan fingerprint density at radius 1 is 1.27 bits per heavy atom. The number of aliphatic hydroxyl groups excluding tert-OH is 1. The van der Waals surface area contributed by atoms with Crippen molar-refractivity contribution in [1.82, 2.24) is 4.90 Å². The zero-order chi connectivity index (χ0) is 15.4. The van der Waals surface area contributed by atoms with Crippen LogP contribution < -0.4 is 0 Å². The fourth-order valence-corrected chi connectivity index (χ4v) is 3.91. The molecule has 2 aliphatic rings. The van der Waals surface area contributed by atoms with Crippen molar-refractivity contribution in [2.24, 2.45) is 0 Å². The van der Waals surface area contributed by atoms with Gasteiger partial charge in [0.15, 0.2) is 0 Å². The smallest absolute Gasteiger partial charge is 0.123 e. The highest BCUT2D eigenvalue weighted by molar-refractivity contribution is 5.19. The molecule has 3 nitrogen and oxygen atoms in total. The first-order chi connectivity index (χ1) is 10.7. The minimum atomic E-state index is -0.594. The quantitative estimate of drug-likeness (QED) is 0.928. The van der Waals surface area contributed by atoms with Crippen molar-refractivity contribution in [1.29, 1.82) is 0 Å². The summed E-state index contributed by atoms with van der Waals surface area (Å²) in [7, 11) is 0. The molecule has 1 aliphatic heterocycles. The molecule has 2 fully saturated rings. The summed E-state index contributed by atoms with van der Waals surface area (Å²) in [6, 6.07) is 7.24. The molecule has 1 aromatic rings. The molecular formula is C18H26FNO2. The Morgan fingerprint density at radius 3 is 2.82 bits per heavy atom. The summed E-state index contributed by atoms with van der Waals surface area (Å²) >= 11 is 0. The summed E-state index contributed by atoms with van der Waals surface area (Å²) in [5.74, 6) is -0.231. The highest BCUT2D eigenvalue weighted by Crippen LogP contribution is 2.29. The van der Waals surface area contributed by atoms with E-state index in [1.54, 1.807) is 12.1 Å². The molecule has 0 spiro atoms. The maximum absolute atomic E-state index is 13.4. The van der Waals surface area contributed by atoms with E-state index < -0.39 is 5.60 Å². The Labute approximate surface area is 132 Å². The molecule has 0 aromatic heterocycles. The number of morpholine rings is 1. The van der Waals surface area contributed by atoms with Crippen molar-refractivity contribution in [2.45, 2.75) is 50.2 Å². The molecule has 1 saturated carbocycles. The number of rotatable bonds is 4. The van der Waals surface area contributed by atoms with Crippen LogP contribution in [0.1, 0.15) is 37.7 Å². The van der Waals surface area contributed by atoms with Gasteiger partial charge in [0, 0.05) is 25.6 Å². The Hall–Kier alpha value is -0.970. The predicted molar refractivity (Wildman–Crippen MR) is 84.3 cm³/mol. The lowest BCUT2D eigenvalue weighted by Crippen LogP contribution is -2.58. The van der Waals surface area contributed by atoms with E-state index in [9.17, 15) is 9.50 Å². The van der Waals surface area contributed by atoms with Crippen LogP contribution in [0.2, 0.25) is 0 Å². The largest absolute Gasteiger partial charge is 0.393 e. The van der Waals surface area contributed by atoms with Gasteiger partial charge in [0.25, 0.3) is 0 Å². The minimum absolute atomic E-state index is 0.0211. The molecule has 0 radical (unpaired) electrons. The molecule has 122 valence electrons. The van der Waals surface area contributed by atoms with Crippen LogP contribution in [0.5, 0.6) is 0 Å². The van der Waals surface area contributed by atoms with Crippen LogP contribution >= 0.6 is 0 Å². The van der Waals surface area contributed by atoms with E-state index in [1.807, 2.05) is 6.07 Å². The van der Waals surface area contributed by atoms with Crippen LogP contribution in [-0.4, -0.2) is 48.0 Å². The molecule has 1 aromatic carbocycles. The second kappa shape index (κ2) is 7.07. The normalized spacial score (nSPS) is 27.9. The van der Waals surface area contributed by atoms with Gasteiger partial charge in [0.2, 0.25) is 0 Å². The van der Waals surface area contributed by atoms with Crippen molar-refractivity contribution in [2.75, 3.05) is 26.3 Å². The Kier molecular flexibility index (Phi) is 5.11. The van der Waals surface area contributed by atoms with Crippen LogP contribution in [0.3, 0.4) is 0 Å². The van der Waals surface area contributed by atoms with E-state index in [2.05, 4.69) is 4.90 Å². The minimum Gasteiger partial charge on any atom is -0.393 e. The van der Waals surface area contributed by atoms with Crippen molar-refractivity contribution in [3.63, 3.8) is 0 Å². The summed E-state index contributed by atoms with van der Waals surface area (Å²) in [4.78, 5) is 2.48. The van der Waals surface area contributed by atoms with E-state index in [-0.39, 0.29) is 12.4 Å². The number of halogens is 1.